The largest absolute Gasteiger partial charge is 0.333 e. The molecule has 4 heteroatoms. The summed E-state index contributed by atoms with van der Waals surface area (Å²) in [5.74, 6) is 0.325. The van der Waals surface area contributed by atoms with Crippen molar-refractivity contribution in [3.8, 4) is 0 Å². The monoisotopic (exact) mass is 264 g/mol. The highest BCUT2D eigenvalue weighted by molar-refractivity contribution is 7.10. The van der Waals surface area contributed by atoms with Gasteiger partial charge in [-0.25, -0.2) is 0 Å². The third kappa shape index (κ3) is 2.31. The lowest BCUT2D eigenvalue weighted by Crippen LogP contribution is -2.48. The van der Waals surface area contributed by atoms with Crippen molar-refractivity contribution >= 4 is 17.2 Å². The summed E-state index contributed by atoms with van der Waals surface area (Å²) in [6.07, 6.45) is 5.66. The fraction of sp³-hybridized carbons (Fsp3) is 0.643. The van der Waals surface area contributed by atoms with Crippen LogP contribution in [-0.2, 0) is 4.79 Å². The molecule has 2 fully saturated rings. The van der Waals surface area contributed by atoms with Crippen molar-refractivity contribution in [3.63, 3.8) is 0 Å². The lowest BCUT2D eigenvalue weighted by molar-refractivity contribution is -0.134. The van der Waals surface area contributed by atoms with Crippen LogP contribution in [0.5, 0.6) is 0 Å². The number of carbonyl (C=O) groups is 1. The van der Waals surface area contributed by atoms with Crippen molar-refractivity contribution in [2.45, 2.75) is 44.2 Å². The molecule has 0 spiro atoms. The quantitative estimate of drug-likeness (QED) is 0.890. The zero-order valence-electron chi connectivity index (χ0n) is 10.6. The van der Waals surface area contributed by atoms with Crippen LogP contribution >= 0.6 is 11.3 Å². The third-order valence-corrected chi connectivity index (χ3v) is 4.99. The predicted molar refractivity (Wildman–Crippen MR) is 73.6 cm³/mol. The van der Waals surface area contributed by atoms with Crippen LogP contribution < -0.4 is 5.32 Å². The van der Waals surface area contributed by atoms with Crippen LogP contribution in [-0.4, -0.2) is 29.9 Å². The summed E-state index contributed by atoms with van der Waals surface area (Å²) in [4.78, 5) is 16.0. The number of piperidine rings is 1. The summed E-state index contributed by atoms with van der Waals surface area (Å²) in [6, 6.07) is 4.65. The average Bonchev–Trinajstić information content (AvgIpc) is 3.09. The molecule has 18 heavy (non-hydrogen) atoms. The lowest BCUT2D eigenvalue weighted by Gasteiger charge is -2.30. The van der Waals surface area contributed by atoms with Crippen molar-refractivity contribution < 1.29 is 4.79 Å². The molecular weight excluding hydrogens is 244 g/mol. The minimum absolute atomic E-state index is 0.0688. The van der Waals surface area contributed by atoms with Crippen molar-refractivity contribution in [1.29, 1.82) is 0 Å². The Hall–Kier alpha value is -0.870. The molecule has 2 aliphatic rings. The molecule has 1 N–H and O–H groups in total. The second-order valence-electron chi connectivity index (χ2n) is 5.21. The SMILES string of the molecule is O=C([C@H]1CCCCN1)N1CCCC1c1cccs1. The van der Waals surface area contributed by atoms with Crippen molar-refractivity contribution in [2.75, 3.05) is 13.1 Å². The molecule has 0 aromatic carbocycles. The van der Waals surface area contributed by atoms with E-state index in [0.717, 1.165) is 32.4 Å². The summed E-state index contributed by atoms with van der Waals surface area (Å²) >= 11 is 1.77. The molecule has 0 radical (unpaired) electrons. The van der Waals surface area contributed by atoms with Crippen LogP contribution in [0, 0.1) is 0 Å². The van der Waals surface area contributed by atoms with E-state index in [-0.39, 0.29) is 6.04 Å². The van der Waals surface area contributed by atoms with E-state index in [0.29, 0.717) is 11.9 Å². The number of nitrogens with zero attached hydrogens (tertiary/aromatic N) is 1. The van der Waals surface area contributed by atoms with Gasteiger partial charge < -0.3 is 10.2 Å². The Bertz CT molecular complexity index is 398. The first-order valence-corrected chi connectivity index (χ1v) is 7.81. The minimum atomic E-state index is 0.0688. The van der Waals surface area contributed by atoms with Gasteiger partial charge >= 0.3 is 0 Å². The Balaban J connectivity index is 1.72. The van der Waals surface area contributed by atoms with E-state index >= 15 is 0 Å². The third-order valence-electron chi connectivity index (χ3n) is 4.02. The Morgan fingerprint density at radius 2 is 2.28 bits per heavy atom. The van der Waals surface area contributed by atoms with Crippen molar-refractivity contribution in [2.24, 2.45) is 0 Å². The topological polar surface area (TPSA) is 32.3 Å². The fourth-order valence-corrected chi connectivity index (χ4v) is 3.94. The van der Waals surface area contributed by atoms with Gasteiger partial charge in [0.2, 0.25) is 5.91 Å². The average molecular weight is 264 g/mol. The number of carbonyl (C=O) groups excluding carboxylic acids is 1. The second-order valence-corrected chi connectivity index (χ2v) is 6.19. The van der Waals surface area contributed by atoms with Crippen molar-refractivity contribution in [1.82, 2.24) is 10.2 Å². The molecule has 0 aliphatic carbocycles. The predicted octanol–water partition coefficient (Wildman–Crippen LogP) is 2.55. The van der Waals surface area contributed by atoms with E-state index in [4.69, 9.17) is 0 Å². The number of likely N-dealkylation sites (tertiary alicyclic amines) is 1. The van der Waals surface area contributed by atoms with Crippen LogP contribution in [0.15, 0.2) is 17.5 Å². The molecule has 0 bridgehead atoms. The molecule has 3 heterocycles. The summed E-state index contributed by atoms with van der Waals surface area (Å²) in [6.45, 7) is 1.92. The standard InChI is InChI=1S/C14H20N2OS/c17-14(11-5-1-2-8-15-11)16-9-3-6-12(16)13-7-4-10-18-13/h4,7,10-12,15H,1-3,5-6,8-9H2/t11-,12?/m1/s1. The molecule has 2 atom stereocenters. The van der Waals surface area contributed by atoms with Gasteiger partial charge in [-0.3, -0.25) is 4.79 Å². The first-order valence-electron chi connectivity index (χ1n) is 6.93. The van der Waals surface area contributed by atoms with Gasteiger partial charge in [0.05, 0.1) is 12.1 Å². The van der Waals surface area contributed by atoms with Gasteiger partial charge in [0.15, 0.2) is 0 Å². The molecule has 1 aromatic rings. The maximum atomic E-state index is 12.6. The molecule has 2 aliphatic heterocycles. The first-order chi connectivity index (χ1) is 8.86. The van der Waals surface area contributed by atoms with Crippen LogP contribution in [0.2, 0.25) is 0 Å². The number of hydrogen-bond acceptors (Lipinski definition) is 3. The minimum Gasteiger partial charge on any atom is -0.333 e. The van der Waals surface area contributed by atoms with Crippen LogP contribution in [0.4, 0.5) is 0 Å². The van der Waals surface area contributed by atoms with Gasteiger partial charge in [-0.1, -0.05) is 12.5 Å². The van der Waals surface area contributed by atoms with Crippen LogP contribution in [0.1, 0.15) is 43.0 Å². The van der Waals surface area contributed by atoms with Gasteiger partial charge in [-0.2, -0.15) is 0 Å². The van der Waals surface area contributed by atoms with Gasteiger partial charge in [0, 0.05) is 11.4 Å². The van der Waals surface area contributed by atoms with E-state index < -0.39 is 0 Å². The Morgan fingerprint density at radius 1 is 1.33 bits per heavy atom. The van der Waals surface area contributed by atoms with E-state index in [1.54, 1.807) is 11.3 Å². The summed E-state index contributed by atoms with van der Waals surface area (Å²) in [5, 5.41) is 5.48. The molecule has 98 valence electrons. The zero-order chi connectivity index (χ0) is 12.4. The maximum absolute atomic E-state index is 12.6. The fourth-order valence-electron chi connectivity index (χ4n) is 3.07. The smallest absolute Gasteiger partial charge is 0.240 e. The Kier molecular flexibility index (Phi) is 3.66. The van der Waals surface area contributed by atoms with Crippen LogP contribution in [0.25, 0.3) is 0 Å². The van der Waals surface area contributed by atoms with Gasteiger partial charge in [0.1, 0.15) is 0 Å². The molecule has 1 amide bonds. The first kappa shape index (κ1) is 12.2. The Labute approximate surface area is 112 Å². The summed E-state index contributed by atoms with van der Waals surface area (Å²) in [7, 11) is 0. The highest BCUT2D eigenvalue weighted by Crippen LogP contribution is 2.35. The van der Waals surface area contributed by atoms with E-state index in [9.17, 15) is 4.79 Å². The van der Waals surface area contributed by atoms with E-state index in [2.05, 4.69) is 27.7 Å². The van der Waals surface area contributed by atoms with Gasteiger partial charge in [-0.05, 0) is 43.7 Å². The lowest BCUT2D eigenvalue weighted by atomic mass is 10.0. The molecule has 1 aromatic heterocycles. The highest BCUT2D eigenvalue weighted by atomic mass is 32.1. The van der Waals surface area contributed by atoms with Crippen LogP contribution in [0.3, 0.4) is 0 Å². The number of hydrogen-bond donors (Lipinski definition) is 1. The number of amides is 1. The molecule has 0 saturated carbocycles. The maximum Gasteiger partial charge on any atom is 0.240 e. The number of rotatable bonds is 2. The molecule has 3 nitrogen and oxygen atoms in total. The van der Waals surface area contributed by atoms with E-state index in [1.165, 1.54) is 17.7 Å². The Morgan fingerprint density at radius 3 is 3.00 bits per heavy atom. The molecule has 2 saturated heterocycles. The normalized spacial score (nSPS) is 28.6. The summed E-state index contributed by atoms with van der Waals surface area (Å²) in [5.41, 5.74) is 0. The van der Waals surface area contributed by atoms with Gasteiger partial charge in [0.25, 0.3) is 0 Å². The number of thiophene rings is 1. The second kappa shape index (κ2) is 5.41. The van der Waals surface area contributed by atoms with E-state index in [1.807, 2.05) is 0 Å². The summed E-state index contributed by atoms with van der Waals surface area (Å²) < 4.78 is 0. The van der Waals surface area contributed by atoms with Gasteiger partial charge in [-0.15, -0.1) is 11.3 Å². The highest BCUT2D eigenvalue weighted by Gasteiger charge is 2.34. The molecule has 1 unspecified atom stereocenters. The molecular formula is C14H20N2OS. The van der Waals surface area contributed by atoms with Crippen molar-refractivity contribution in [3.05, 3.63) is 22.4 Å². The number of nitrogens with one attached hydrogen (secondary N) is 1. The zero-order valence-corrected chi connectivity index (χ0v) is 11.4. The molecule has 3 rings (SSSR count).